The zero-order valence-electron chi connectivity index (χ0n) is 33.2. The number of sulfone groups is 1. The zero-order chi connectivity index (χ0) is 42.2. The quantitative estimate of drug-likeness (QED) is 0.0701. The van der Waals surface area contributed by atoms with Crippen molar-refractivity contribution < 1.29 is 61.1 Å². The van der Waals surface area contributed by atoms with E-state index in [1.165, 1.54) is 24.5 Å². The van der Waals surface area contributed by atoms with Gasteiger partial charge in [-0.2, -0.15) is 0 Å². The van der Waals surface area contributed by atoms with E-state index in [0.29, 0.717) is 17.9 Å². The maximum absolute atomic E-state index is 13.1. The second kappa shape index (κ2) is 25.4. The SMILES string of the molecule is CC(C)(C)OC(=O)CCCCCc1ccc(Oc2ccc(S(=O)(=O)Cc3ncc(C(=O)NCCOCCOCC(=O)NCCOCCOCC(=O)O)cn3)cc2)cc1. The molecule has 0 unspecified atom stereocenters. The Morgan fingerprint density at radius 2 is 1.28 bits per heavy atom. The lowest BCUT2D eigenvalue weighted by Crippen LogP contribution is -2.31. The van der Waals surface area contributed by atoms with Crippen LogP contribution in [0.15, 0.2) is 65.8 Å². The first-order chi connectivity index (χ1) is 27.7. The Bertz CT molecular complexity index is 1820. The molecule has 318 valence electrons. The number of esters is 1. The minimum atomic E-state index is -3.79. The van der Waals surface area contributed by atoms with Crippen molar-refractivity contribution in [2.24, 2.45) is 0 Å². The molecule has 0 saturated carbocycles. The molecule has 3 N–H and O–H groups in total. The average molecular weight is 831 g/mol. The van der Waals surface area contributed by atoms with Crippen molar-refractivity contribution in [3.05, 3.63) is 77.9 Å². The summed E-state index contributed by atoms with van der Waals surface area (Å²) in [4.78, 5) is 54.6. The Kier molecular flexibility index (Phi) is 20.7. The molecule has 17 nitrogen and oxygen atoms in total. The van der Waals surface area contributed by atoms with Gasteiger partial charge in [-0.3, -0.25) is 14.4 Å². The third-order valence-electron chi connectivity index (χ3n) is 7.70. The topological polar surface area (TPSA) is 228 Å². The number of aromatic nitrogens is 2. The van der Waals surface area contributed by atoms with Crippen LogP contribution >= 0.6 is 0 Å². The predicted octanol–water partition coefficient (Wildman–Crippen LogP) is 3.68. The number of hydrogen-bond donors (Lipinski definition) is 3. The molecule has 0 atom stereocenters. The van der Waals surface area contributed by atoms with Crippen LogP contribution in [0.25, 0.3) is 0 Å². The Morgan fingerprint density at radius 3 is 1.88 bits per heavy atom. The highest BCUT2D eigenvalue weighted by molar-refractivity contribution is 7.90. The van der Waals surface area contributed by atoms with E-state index >= 15 is 0 Å². The highest BCUT2D eigenvalue weighted by Crippen LogP contribution is 2.25. The second-order valence-electron chi connectivity index (χ2n) is 13.8. The molecule has 0 aliphatic carbocycles. The largest absolute Gasteiger partial charge is 0.480 e. The maximum Gasteiger partial charge on any atom is 0.329 e. The third-order valence-corrected chi connectivity index (χ3v) is 9.33. The summed E-state index contributed by atoms with van der Waals surface area (Å²) < 4.78 is 58.0. The molecular weight excluding hydrogens is 777 g/mol. The molecule has 0 aliphatic rings. The van der Waals surface area contributed by atoms with Gasteiger partial charge in [0.2, 0.25) is 5.91 Å². The fraction of sp³-hybridized carbons (Fsp3) is 0.500. The summed E-state index contributed by atoms with van der Waals surface area (Å²) in [6.07, 6.45) is 6.45. The first-order valence-corrected chi connectivity index (χ1v) is 20.6. The van der Waals surface area contributed by atoms with Gasteiger partial charge in [-0.05, 0) is 82.0 Å². The van der Waals surface area contributed by atoms with Crippen LogP contribution in [0.1, 0.15) is 68.2 Å². The van der Waals surface area contributed by atoms with E-state index in [1.54, 1.807) is 12.1 Å². The van der Waals surface area contributed by atoms with Gasteiger partial charge in [0, 0.05) is 31.9 Å². The second-order valence-corrected chi connectivity index (χ2v) is 15.8. The van der Waals surface area contributed by atoms with Crippen molar-refractivity contribution in [1.29, 1.82) is 0 Å². The molecule has 0 aliphatic heterocycles. The van der Waals surface area contributed by atoms with Crippen LogP contribution in [-0.4, -0.2) is 119 Å². The molecule has 2 amide bonds. The van der Waals surface area contributed by atoms with Crippen molar-refractivity contribution in [1.82, 2.24) is 20.6 Å². The molecule has 3 aromatic rings. The van der Waals surface area contributed by atoms with Crippen LogP contribution in [0.5, 0.6) is 11.5 Å². The van der Waals surface area contributed by atoms with E-state index in [2.05, 4.69) is 20.6 Å². The van der Waals surface area contributed by atoms with E-state index in [-0.39, 0.29) is 87.5 Å². The van der Waals surface area contributed by atoms with Crippen LogP contribution < -0.4 is 15.4 Å². The summed E-state index contributed by atoms with van der Waals surface area (Å²) in [5, 5.41) is 13.7. The standard InChI is InChI=1S/C40H54N4O13S/c1-40(2,3)57-38(48)8-6-4-5-7-30-9-11-32(12-10-30)56-33-13-15-34(16-14-33)58(50,51)29-35-43-25-31(26-44-35)39(49)42-18-20-53-21-23-54-27-36(45)41-17-19-52-22-24-55-28-37(46)47/h9-16,25-26H,4-8,17-24,27-29H2,1-3H3,(H,41,45)(H,42,49)(H,46,47). The first-order valence-electron chi connectivity index (χ1n) is 18.9. The summed E-state index contributed by atoms with van der Waals surface area (Å²) in [5.41, 5.74) is 0.832. The summed E-state index contributed by atoms with van der Waals surface area (Å²) >= 11 is 0. The lowest BCUT2D eigenvalue weighted by atomic mass is 10.1. The van der Waals surface area contributed by atoms with Gasteiger partial charge in [-0.1, -0.05) is 18.6 Å². The minimum absolute atomic E-state index is 0.0328. The van der Waals surface area contributed by atoms with E-state index < -0.39 is 39.7 Å². The number of unbranched alkanes of at least 4 members (excludes halogenated alkanes) is 2. The smallest absolute Gasteiger partial charge is 0.329 e. The molecule has 0 saturated heterocycles. The normalized spacial score (nSPS) is 11.5. The number of hydrogen-bond acceptors (Lipinski definition) is 14. The van der Waals surface area contributed by atoms with Crippen LogP contribution in [0, 0.1) is 0 Å². The highest BCUT2D eigenvalue weighted by atomic mass is 32.2. The minimum Gasteiger partial charge on any atom is -0.480 e. The molecule has 1 aromatic heterocycles. The number of amides is 2. The average Bonchev–Trinajstić information content (AvgIpc) is 3.17. The predicted molar refractivity (Wildman–Crippen MR) is 210 cm³/mol. The fourth-order valence-electron chi connectivity index (χ4n) is 4.96. The van der Waals surface area contributed by atoms with Crippen LogP contribution in [0.3, 0.4) is 0 Å². The number of nitrogens with one attached hydrogen (secondary N) is 2. The lowest BCUT2D eigenvalue weighted by molar-refractivity contribution is -0.155. The van der Waals surface area contributed by atoms with Gasteiger partial charge >= 0.3 is 11.9 Å². The van der Waals surface area contributed by atoms with E-state index in [1.807, 2.05) is 45.0 Å². The monoisotopic (exact) mass is 830 g/mol. The Morgan fingerprint density at radius 1 is 0.707 bits per heavy atom. The lowest BCUT2D eigenvalue weighted by Gasteiger charge is -2.19. The number of carbonyl (C=O) groups excluding carboxylic acids is 3. The highest BCUT2D eigenvalue weighted by Gasteiger charge is 2.19. The number of carbonyl (C=O) groups is 4. The first kappa shape index (κ1) is 47.4. The van der Waals surface area contributed by atoms with Gasteiger partial charge in [-0.15, -0.1) is 0 Å². The van der Waals surface area contributed by atoms with Crippen molar-refractivity contribution in [3.63, 3.8) is 0 Å². The molecule has 0 fully saturated rings. The molecule has 3 rings (SSSR count). The Hall–Kier alpha value is -5.01. The maximum atomic E-state index is 13.1. The molecule has 0 radical (unpaired) electrons. The van der Waals surface area contributed by atoms with Gasteiger partial charge in [0.15, 0.2) is 9.84 Å². The number of aliphatic carboxylic acids is 1. The van der Waals surface area contributed by atoms with Crippen molar-refractivity contribution in [2.75, 3.05) is 65.9 Å². The number of aryl methyl sites for hydroxylation is 1. The van der Waals surface area contributed by atoms with Crippen LogP contribution in [0.4, 0.5) is 0 Å². The van der Waals surface area contributed by atoms with E-state index in [4.69, 9.17) is 33.5 Å². The van der Waals surface area contributed by atoms with E-state index in [0.717, 1.165) is 31.2 Å². The Labute approximate surface area is 339 Å². The Balaban J connectivity index is 1.27. The summed E-state index contributed by atoms with van der Waals surface area (Å²) in [6, 6.07) is 13.7. The van der Waals surface area contributed by atoms with Crippen molar-refractivity contribution >= 4 is 33.6 Å². The van der Waals surface area contributed by atoms with Crippen LogP contribution in [0.2, 0.25) is 0 Å². The summed E-state index contributed by atoms with van der Waals surface area (Å²) in [5.74, 6) is -1.37. The number of carboxylic acids is 1. The zero-order valence-corrected chi connectivity index (χ0v) is 34.1. The van der Waals surface area contributed by atoms with Gasteiger partial charge in [0.25, 0.3) is 5.91 Å². The molecule has 0 bridgehead atoms. The molecule has 2 aromatic carbocycles. The number of benzene rings is 2. The fourth-order valence-corrected chi connectivity index (χ4v) is 6.17. The molecule has 0 spiro atoms. The number of carboxylic acid groups (broad SMARTS) is 1. The molecule has 1 heterocycles. The number of nitrogens with zero attached hydrogens (tertiary/aromatic N) is 2. The van der Waals surface area contributed by atoms with E-state index in [9.17, 15) is 27.6 Å². The van der Waals surface area contributed by atoms with Crippen molar-refractivity contribution in [3.8, 4) is 11.5 Å². The van der Waals surface area contributed by atoms with Gasteiger partial charge in [0.05, 0.1) is 50.1 Å². The molecule has 58 heavy (non-hydrogen) atoms. The van der Waals surface area contributed by atoms with Crippen LogP contribution in [-0.2, 0) is 60.1 Å². The summed E-state index contributed by atoms with van der Waals surface area (Å²) in [7, 11) is -3.79. The summed E-state index contributed by atoms with van der Waals surface area (Å²) in [6.45, 7) is 6.59. The molecule has 18 heteroatoms. The van der Waals surface area contributed by atoms with Gasteiger partial charge in [0.1, 0.15) is 41.9 Å². The number of rotatable bonds is 28. The number of ether oxygens (including phenoxy) is 6. The third kappa shape index (κ3) is 20.4. The van der Waals surface area contributed by atoms with Crippen molar-refractivity contribution in [2.45, 2.75) is 69.1 Å². The molecular formula is C40H54N4O13S. The van der Waals surface area contributed by atoms with Gasteiger partial charge < -0.3 is 44.2 Å². The van der Waals surface area contributed by atoms with Gasteiger partial charge in [-0.25, -0.2) is 23.2 Å².